The summed E-state index contributed by atoms with van der Waals surface area (Å²) in [5.41, 5.74) is 1.64. The molecule has 1 saturated heterocycles. The Hall–Kier alpha value is -1.51. The van der Waals surface area contributed by atoms with Gasteiger partial charge in [-0.15, -0.1) is 11.8 Å². The summed E-state index contributed by atoms with van der Waals surface area (Å²) in [5.74, 6) is -0.0933. The Balaban J connectivity index is 2.09. The molecule has 0 bridgehead atoms. The molecular weight excluding hydrogens is 224 g/mol. The monoisotopic (exact) mass is 234 g/mol. The van der Waals surface area contributed by atoms with Crippen molar-refractivity contribution in [2.24, 2.45) is 0 Å². The van der Waals surface area contributed by atoms with E-state index in [2.05, 4.69) is 11.4 Å². The van der Waals surface area contributed by atoms with Crippen molar-refractivity contribution in [1.29, 1.82) is 5.26 Å². The molecule has 2 atom stereocenters. The number of nitrogens with one attached hydrogen (secondary N) is 1. The fourth-order valence-corrected chi connectivity index (χ4v) is 2.67. The molecule has 0 amide bonds. The number of benzene rings is 1. The highest BCUT2D eigenvalue weighted by Crippen LogP contribution is 2.29. The molecule has 1 aromatic rings. The summed E-state index contributed by atoms with van der Waals surface area (Å²) in [5, 5.41) is 20.0. The third kappa shape index (κ3) is 2.18. The molecule has 0 saturated carbocycles. The van der Waals surface area contributed by atoms with Gasteiger partial charge < -0.3 is 5.11 Å². The maximum atomic E-state index is 10.8. The molecule has 0 spiro atoms. The number of carboxylic acids is 1. The Morgan fingerprint density at radius 3 is 2.69 bits per heavy atom. The van der Waals surface area contributed by atoms with E-state index in [4.69, 9.17) is 10.4 Å². The maximum absolute atomic E-state index is 10.8. The van der Waals surface area contributed by atoms with Crippen LogP contribution in [0.25, 0.3) is 0 Å². The summed E-state index contributed by atoms with van der Waals surface area (Å²) in [4.78, 5) is 10.8. The van der Waals surface area contributed by atoms with Gasteiger partial charge in [0.2, 0.25) is 0 Å². The van der Waals surface area contributed by atoms with Crippen molar-refractivity contribution >= 4 is 17.7 Å². The van der Waals surface area contributed by atoms with E-state index in [9.17, 15) is 4.79 Å². The molecule has 1 heterocycles. The fourth-order valence-electron chi connectivity index (χ4n) is 1.60. The predicted molar refractivity (Wildman–Crippen MR) is 60.9 cm³/mol. The van der Waals surface area contributed by atoms with Crippen LogP contribution >= 0.6 is 11.8 Å². The lowest BCUT2D eigenvalue weighted by Gasteiger charge is -2.10. The Bertz CT molecular complexity index is 438. The van der Waals surface area contributed by atoms with Gasteiger partial charge in [0.25, 0.3) is 0 Å². The summed E-state index contributed by atoms with van der Waals surface area (Å²) in [6, 6.07) is 9.32. The number of carboxylic acid groups (broad SMARTS) is 1. The highest BCUT2D eigenvalue weighted by molar-refractivity contribution is 8.00. The summed E-state index contributed by atoms with van der Waals surface area (Å²) in [7, 11) is 0. The van der Waals surface area contributed by atoms with Crippen molar-refractivity contribution in [3.05, 3.63) is 35.4 Å². The summed E-state index contributed by atoms with van der Waals surface area (Å²) < 4.78 is 0. The quantitative estimate of drug-likeness (QED) is 0.808. The summed E-state index contributed by atoms with van der Waals surface area (Å²) >= 11 is 1.39. The van der Waals surface area contributed by atoms with Crippen molar-refractivity contribution in [2.45, 2.75) is 11.4 Å². The summed E-state index contributed by atoms with van der Waals surface area (Å²) in [6.45, 7) is 0. The minimum absolute atomic E-state index is 0.0545. The first-order valence-electron chi connectivity index (χ1n) is 4.81. The molecular formula is C11H10N2O2S. The number of aliphatic carboxylic acids is 1. The molecule has 0 aromatic heterocycles. The average molecular weight is 234 g/mol. The molecule has 1 fully saturated rings. The van der Waals surface area contributed by atoms with Crippen LogP contribution in [0.5, 0.6) is 0 Å². The Morgan fingerprint density at radius 1 is 1.50 bits per heavy atom. The first kappa shape index (κ1) is 11.0. The van der Waals surface area contributed by atoms with E-state index in [1.807, 2.05) is 12.1 Å². The van der Waals surface area contributed by atoms with E-state index >= 15 is 0 Å². The molecule has 2 N–H and O–H groups in total. The SMILES string of the molecule is N#Cc1ccc([C@@H]2CS[C@H](C(=O)O)N2)cc1. The van der Waals surface area contributed by atoms with Gasteiger partial charge in [-0.05, 0) is 17.7 Å². The van der Waals surface area contributed by atoms with Gasteiger partial charge in [0.05, 0.1) is 11.6 Å². The van der Waals surface area contributed by atoms with Gasteiger partial charge >= 0.3 is 5.97 Å². The zero-order valence-electron chi connectivity index (χ0n) is 8.38. The highest BCUT2D eigenvalue weighted by atomic mass is 32.2. The van der Waals surface area contributed by atoms with Gasteiger partial charge in [-0.2, -0.15) is 5.26 Å². The number of nitrogens with zero attached hydrogens (tertiary/aromatic N) is 1. The van der Waals surface area contributed by atoms with Gasteiger partial charge in [0.15, 0.2) is 5.37 Å². The number of nitriles is 1. The maximum Gasteiger partial charge on any atom is 0.331 e. The van der Waals surface area contributed by atoms with Crippen molar-refractivity contribution < 1.29 is 9.90 Å². The number of rotatable bonds is 2. The molecule has 5 heteroatoms. The van der Waals surface area contributed by atoms with Gasteiger partial charge in [0.1, 0.15) is 0 Å². The van der Waals surface area contributed by atoms with Crippen LogP contribution < -0.4 is 5.32 Å². The van der Waals surface area contributed by atoms with Crippen LogP contribution in [0.4, 0.5) is 0 Å². The van der Waals surface area contributed by atoms with E-state index in [1.54, 1.807) is 12.1 Å². The van der Waals surface area contributed by atoms with Crippen molar-refractivity contribution in [1.82, 2.24) is 5.32 Å². The van der Waals surface area contributed by atoms with Gasteiger partial charge in [-0.25, -0.2) is 4.79 Å². The van der Waals surface area contributed by atoms with Crippen LogP contribution in [0, 0.1) is 11.3 Å². The van der Waals surface area contributed by atoms with Crippen molar-refractivity contribution in [2.75, 3.05) is 5.75 Å². The van der Waals surface area contributed by atoms with Crippen LogP contribution in [0.1, 0.15) is 17.2 Å². The minimum Gasteiger partial charge on any atom is -0.479 e. The molecule has 82 valence electrons. The van der Waals surface area contributed by atoms with Crippen LogP contribution in [-0.2, 0) is 4.79 Å². The van der Waals surface area contributed by atoms with E-state index < -0.39 is 11.3 Å². The first-order valence-corrected chi connectivity index (χ1v) is 5.86. The Labute approximate surface area is 97.3 Å². The van der Waals surface area contributed by atoms with Crippen LogP contribution in [0.3, 0.4) is 0 Å². The smallest absolute Gasteiger partial charge is 0.331 e. The zero-order chi connectivity index (χ0) is 11.5. The third-order valence-electron chi connectivity index (χ3n) is 2.45. The van der Waals surface area contributed by atoms with Crippen molar-refractivity contribution in [3.8, 4) is 6.07 Å². The number of carbonyl (C=O) groups is 1. The minimum atomic E-state index is -0.832. The number of hydrogen-bond acceptors (Lipinski definition) is 4. The highest BCUT2D eigenvalue weighted by Gasteiger charge is 2.30. The topological polar surface area (TPSA) is 73.1 Å². The van der Waals surface area contributed by atoms with Gasteiger partial charge in [-0.3, -0.25) is 5.32 Å². The van der Waals surface area contributed by atoms with E-state index in [0.717, 1.165) is 11.3 Å². The van der Waals surface area contributed by atoms with Crippen LogP contribution in [-0.4, -0.2) is 22.2 Å². The molecule has 1 aromatic carbocycles. The van der Waals surface area contributed by atoms with E-state index in [0.29, 0.717) is 5.56 Å². The fraction of sp³-hybridized carbons (Fsp3) is 0.273. The lowest BCUT2D eigenvalue weighted by Crippen LogP contribution is -2.30. The van der Waals surface area contributed by atoms with Gasteiger partial charge in [0, 0.05) is 11.8 Å². The summed E-state index contributed by atoms with van der Waals surface area (Å²) in [6.07, 6.45) is 0. The third-order valence-corrected chi connectivity index (χ3v) is 3.65. The molecule has 4 nitrogen and oxygen atoms in total. The number of hydrogen-bond donors (Lipinski definition) is 2. The van der Waals surface area contributed by atoms with E-state index in [1.165, 1.54) is 11.8 Å². The van der Waals surface area contributed by atoms with Gasteiger partial charge in [-0.1, -0.05) is 12.1 Å². The molecule has 2 rings (SSSR count). The second kappa shape index (κ2) is 4.56. The van der Waals surface area contributed by atoms with Crippen LogP contribution in [0.2, 0.25) is 0 Å². The van der Waals surface area contributed by atoms with E-state index in [-0.39, 0.29) is 6.04 Å². The first-order chi connectivity index (χ1) is 7.70. The van der Waals surface area contributed by atoms with Crippen molar-refractivity contribution in [3.63, 3.8) is 0 Å². The molecule has 0 aliphatic carbocycles. The second-order valence-electron chi connectivity index (χ2n) is 3.50. The largest absolute Gasteiger partial charge is 0.479 e. The second-order valence-corrected chi connectivity index (χ2v) is 4.64. The molecule has 0 unspecified atom stereocenters. The van der Waals surface area contributed by atoms with Crippen LogP contribution in [0.15, 0.2) is 24.3 Å². The normalized spacial score (nSPS) is 23.9. The zero-order valence-corrected chi connectivity index (χ0v) is 9.20. The molecule has 0 radical (unpaired) electrons. The average Bonchev–Trinajstić information content (AvgIpc) is 2.78. The molecule has 1 aliphatic rings. The Kier molecular flexibility index (Phi) is 3.13. The predicted octanol–water partition coefficient (Wildman–Crippen LogP) is 1.35. The lowest BCUT2D eigenvalue weighted by molar-refractivity contribution is -0.137. The Morgan fingerprint density at radius 2 is 2.19 bits per heavy atom. The standard InChI is InChI=1S/C11H10N2O2S/c12-5-7-1-3-8(4-2-7)9-6-16-10(13-9)11(14)15/h1-4,9-10,13H,6H2,(H,14,15)/t9-,10+/m0/s1. The molecule has 1 aliphatic heterocycles. The molecule has 16 heavy (non-hydrogen) atoms. The lowest BCUT2D eigenvalue weighted by atomic mass is 10.1. The number of thioether (sulfide) groups is 1.